The van der Waals surface area contributed by atoms with Crippen molar-refractivity contribution in [2.75, 3.05) is 24.4 Å². The molecule has 0 aliphatic rings. The van der Waals surface area contributed by atoms with E-state index in [0.29, 0.717) is 28.4 Å². The molecule has 3 rings (SSSR count). The van der Waals surface area contributed by atoms with Crippen LogP contribution in [-0.4, -0.2) is 37.3 Å². The van der Waals surface area contributed by atoms with Gasteiger partial charge in [0, 0.05) is 23.4 Å². The Bertz CT molecular complexity index is 1220. The summed E-state index contributed by atoms with van der Waals surface area (Å²) < 4.78 is 15.8. The Kier molecular flexibility index (Phi) is 9.16. The van der Waals surface area contributed by atoms with Crippen LogP contribution in [0.2, 0.25) is 0 Å². The minimum atomic E-state index is -0.680. The molecule has 0 fully saturated rings. The summed E-state index contributed by atoms with van der Waals surface area (Å²) in [6, 6.07) is 20.3. The Morgan fingerprint density at radius 3 is 1.97 bits per heavy atom. The molecule has 0 atom stereocenters. The van der Waals surface area contributed by atoms with E-state index in [4.69, 9.17) is 14.2 Å². The maximum absolute atomic E-state index is 12.2. The van der Waals surface area contributed by atoms with Crippen molar-refractivity contribution in [2.24, 2.45) is 0 Å². The van der Waals surface area contributed by atoms with Crippen LogP contribution in [0.25, 0.3) is 0 Å². The van der Waals surface area contributed by atoms with Gasteiger partial charge in [-0.25, -0.2) is 0 Å². The van der Waals surface area contributed by atoms with Crippen molar-refractivity contribution in [3.8, 4) is 17.2 Å². The molecule has 0 bridgehead atoms. The van der Waals surface area contributed by atoms with E-state index in [9.17, 15) is 19.2 Å². The predicted molar refractivity (Wildman–Crippen MR) is 133 cm³/mol. The van der Waals surface area contributed by atoms with Gasteiger partial charge < -0.3 is 24.8 Å². The van der Waals surface area contributed by atoms with Gasteiger partial charge in [0.05, 0.1) is 13.5 Å². The van der Waals surface area contributed by atoms with Gasteiger partial charge in [-0.1, -0.05) is 12.1 Å². The molecule has 0 radical (unpaired) electrons. The van der Waals surface area contributed by atoms with Crippen LogP contribution >= 0.6 is 0 Å². The fraction of sp³-hybridized carbons (Fsp3) is 0.185. The molecule has 2 N–H and O–H groups in total. The molecule has 0 heterocycles. The summed E-state index contributed by atoms with van der Waals surface area (Å²) in [7, 11) is 1.59. The molecule has 0 saturated heterocycles. The minimum absolute atomic E-state index is 0.106. The zero-order chi connectivity index (χ0) is 25.9. The van der Waals surface area contributed by atoms with Gasteiger partial charge in [0.1, 0.15) is 17.2 Å². The third-order valence-corrected chi connectivity index (χ3v) is 4.91. The van der Waals surface area contributed by atoms with E-state index in [1.165, 1.54) is 13.0 Å². The van der Waals surface area contributed by atoms with E-state index in [1.54, 1.807) is 73.8 Å². The second-order valence-corrected chi connectivity index (χ2v) is 7.70. The summed E-state index contributed by atoms with van der Waals surface area (Å²) in [6.45, 7) is 0.923. The molecule has 0 aliphatic heterocycles. The van der Waals surface area contributed by atoms with Crippen molar-refractivity contribution in [3.63, 3.8) is 0 Å². The number of hydrogen-bond donors (Lipinski definition) is 2. The Hall–Kier alpha value is -4.66. The van der Waals surface area contributed by atoms with E-state index in [2.05, 4.69) is 10.6 Å². The van der Waals surface area contributed by atoms with Crippen LogP contribution < -0.4 is 20.1 Å². The minimum Gasteiger partial charge on any atom is -0.497 e. The van der Waals surface area contributed by atoms with Gasteiger partial charge in [-0.15, -0.1) is 0 Å². The normalized spacial score (nSPS) is 10.2. The number of anilines is 2. The van der Waals surface area contributed by atoms with Crippen LogP contribution in [0, 0.1) is 0 Å². The number of methoxy groups -OCH3 is 1. The summed E-state index contributed by atoms with van der Waals surface area (Å²) in [6.07, 6.45) is -0.289. The Morgan fingerprint density at radius 2 is 1.33 bits per heavy atom. The highest BCUT2D eigenvalue weighted by Crippen LogP contribution is 2.25. The number of benzene rings is 3. The van der Waals surface area contributed by atoms with Crippen molar-refractivity contribution in [1.82, 2.24) is 0 Å². The lowest BCUT2D eigenvalue weighted by molar-refractivity contribution is -0.147. The van der Waals surface area contributed by atoms with E-state index in [-0.39, 0.29) is 24.5 Å². The number of Topliss-reactive ketones (excluding diaryl/α,β-unsaturated/α-hetero) is 1. The fourth-order valence-electron chi connectivity index (χ4n) is 3.06. The molecule has 2 amide bonds. The van der Waals surface area contributed by atoms with Crippen molar-refractivity contribution < 1.29 is 33.4 Å². The quantitative estimate of drug-likeness (QED) is 0.298. The average Bonchev–Trinajstić information content (AvgIpc) is 2.88. The van der Waals surface area contributed by atoms with Crippen LogP contribution in [0.1, 0.15) is 30.1 Å². The van der Waals surface area contributed by atoms with Crippen LogP contribution in [0.15, 0.2) is 72.8 Å². The molecular weight excluding hydrogens is 464 g/mol. The number of carbonyl (C=O) groups is 4. The summed E-state index contributed by atoms with van der Waals surface area (Å²) in [4.78, 5) is 47.5. The maximum atomic E-state index is 12.2. The number of amides is 2. The van der Waals surface area contributed by atoms with Gasteiger partial charge in [0.2, 0.25) is 5.91 Å². The van der Waals surface area contributed by atoms with Gasteiger partial charge in [0.15, 0.2) is 12.4 Å². The summed E-state index contributed by atoms with van der Waals surface area (Å²) in [5.41, 5.74) is 1.42. The highest BCUT2D eigenvalue weighted by atomic mass is 16.5. The van der Waals surface area contributed by atoms with Gasteiger partial charge in [-0.3, -0.25) is 19.2 Å². The zero-order valence-electron chi connectivity index (χ0n) is 19.9. The fourth-order valence-corrected chi connectivity index (χ4v) is 3.06. The summed E-state index contributed by atoms with van der Waals surface area (Å²) in [5, 5.41) is 5.24. The monoisotopic (exact) mass is 490 g/mol. The van der Waals surface area contributed by atoms with Crippen LogP contribution in [0.4, 0.5) is 11.4 Å². The molecule has 0 aliphatic carbocycles. The largest absolute Gasteiger partial charge is 0.497 e. The summed E-state index contributed by atoms with van der Waals surface area (Å²) in [5.74, 6) is 0.225. The Balaban J connectivity index is 1.37. The number of ether oxygens (including phenoxy) is 3. The molecule has 9 heteroatoms. The van der Waals surface area contributed by atoms with Gasteiger partial charge >= 0.3 is 5.97 Å². The molecule has 0 saturated carbocycles. The van der Waals surface area contributed by atoms with Gasteiger partial charge in [0.25, 0.3) is 5.91 Å². The lowest BCUT2D eigenvalue weighted by atomic mass is 10.1. The first-order chi connectivity index (χ1) is 17.3. The lowest BCUT2D eigenvalue weighted by Crippen LogP contribution is -2.22. The number of nitrogens with one attached hydrogen (secondary N) is 2. The number of carbonyl (C=O) groups excluding carboxylic acids is 4. The zero-order valence-corrected chi connectivity index (χ0v) is 19.9. The van der Waals surface area contributed by atoms with Gasteiger partial charge in [-0.05, 0) is 67.6 Å². The molecule has 0 unspecified atom stereocenters. The van der Waals surface area contributed by atoms with Crippen LogP contribution in [0.5, 0.6) is 17.2 Å². The average molecular weight is 491 g/mol. The smallest absolute Gasteiger partial charge is 0.306 e. The molecule has 0 spiro atoms. The number of rotatable bonds is 11. The topological polar surface area (TPSA) is 120 Å². The predicted octanol–water partition coefficient (Wildman–Crippen LogP) is 4.59. The van der Waals surface area contributed by atoms with Crippen molar-refractivity contribution in [1.29, 1.82) is 0 Å². The third kappa shape index (κ3) is 8.28. The first-order valence-corrected chi connectivity index (χ1v) is 11.1. The molecule has 0 aromatic heterocycles. The second-order valence-electron chi connectivity index (χ2n) is 7.70. The maximum Gasteiger partial charge on any atom is 0.306 e. The lowest BCUT2D eigenvalue weighted by Gasteiger charge is -2.09. The van der Waals surface area contributed by atoms with Crippen molar-refractivity contribution in [3.05, 3.63) is 78.4 Å². The highest BCUT2D eigenvalue weighted by Gasteiger charge is 2.12. The standard InChI is InChI=1S/C27H26N2O7/c1-18(30)19-4-3-5-21(16-19)29-26(32)17-35-27(33)15-14-25(31)28-20-6-8-23(9-7-20)36-24-12-10-22(34-2)11-13-24/h3-13,16H,14-15,17H2,1-2H3,(H,28,31)(H,29,32). The molecule has 3 aromatic carbocycles. The van der Waals surface area contributed by atoms with Gasteiger partial charge in [-0.2, -0.15) is 0 Å². The molecule has 186 valence electrons. The molecular formula is C27H26N2O7. The van der Waals surface area contributed by atoms with E-state index in [0.717, 1.165) is 5.75 Å². The summed E-state index contributed by atoms with van der Waals surface area (Å²) >= 11 is 0. The number of esters is 1. The van der Waals surface area contributed by atoms with E-state index in [1.807, 2.05) is 0 Å². The SMILES string of the molecule is COc1ccc(Oc2ccc(NC(=O)CCC(=O)OCC(=O)Nc3cccc(C(C)=O)c3)cc2)cc1. The van der Waals surface area contributed by atoms with Crippen molar-refractivity contribution >= 4 is 34.9 Å². The van der Waals surface area contributed by atoms with E-state index < -0.39 is 18.5 Å². The van der Waals surface area contributed by atoms with Crippen LogP contribution in [-0.2, 0) is 19.1 Å². The molecule has 36 heavy (non-hydrogen) atoms. The third-order valence-electron chi connectivity index (χ3n) is 4.91. The molecule has 3 aromatic rings. The highest BCUT2D eigenvalue weighted by molar-refractivity contribution is 5.98. The Labute approximate surface area is 208 Å². The first kappa shape index (κ1) is 26.0. The number of ketones is 1. The second kappa shape index (κ2) is 12.7. The van der Waals surface area contributed by atoms with Crippen LogP contribution in [0.3, 0.4) is 0 Å². The number of hydrogen-bond acceptors (Lipinski definition) is 7. The van der Waals surface area contributed by atoms with E-state index >= 15 is 0 Å². The van der Waals surface area contributed by atoms with Crippen molar-refractivity contribution in [2.45, 2.75) is 19.8 Å². The Morgan fingerprint density at radius 1 is 0.722 bits per heavy atom. The molecule has 9 nitrogen and oxygen atoms in total. The first-order valence-electron chi connectivity index (χ1n) is 11.1.